The summed E-state index contributed by atoms with van der Waals surface area (Å²) in [6, 6.07) is 18.6. The third-order valence-electron chi connectivity index (χ3n) is 5.47. The number of methoxy groups -OCH3 is 2. The summed E-state index contributed by atoms with van der Waals surface area (Å²) in [5.41, 5.74) is 3.06. The van der Waals surface area contributed by atoms with Gasteiger partial charge in [0, 0.05) is 0 Å². The zero-order valence-electron chi connectivity index (χ0n) is 20.0. The second-order valence-electron chi connectivity index (χ2n) is 8.07. The van der Waals surface area contributed by atoms with Crippen LogP contribution >= 0.6 is 0 Å². The number of benzene rings is 3. The summed E-state index contributed by atoms with van der Waals surface area (Å²) in [6.45, 7) is 5.22. The van der Waals surface area contributed by atoms with Crippen LogP contribution in [0.2, 0.25) is 0 Å². The van der Waals surface area contributed by atoms with Crippen LogP contribution in [0, 0.1) is 13.8 Å². The van der Waals surface area contributed by atoms with E-state index in [4.69, 9.17) is 9.47 Å². The number of hydrogen-bond donors (Lipinski definition) is 1. The highest BCUT2D eigenvalue weighted by atomic mass is 32.2. The van der Waals surface area contributed by atoms with E-state index < -0.39 is 15.9 Å². The van der Waals surface area contributed by atoms with Gasteiger partial charge in [-0.25, -0.2) is 8.42 Å². The number of carbonyl (C=O) groups is 1. The smallest absolute Gasteiger partial charge is 0.264 e. The van der Waals surface area contributed by atoms with E-state index in [-0.39, 0.29) is 17.5 Å². The summed E-state index contributed by atoms with van der Waals surface area (Å²) >= 11 is 0. The van der Waals surface area contributed by atoms with Crippen molar-refractivity contribution in [3.8, 4) is 11.5 Å². The van der Waals surface area contributed by atoms with Crippen molar-refractivity contribution in [2.24, 2.45) is 0 Å². The van der Waals surface area contributed by atoms with Crippen LogP contribution in [0.1, 0.15) is 29.7 Å². The molecule has 0 heterocycles. The molecule has 1 amide bonds. The molecule has 0 saturated carbocycles. The van der Waals surface area contributed by atoms with Gasteiger partial charge in [-0.15, -0.1) is 0 Å². The Morgan fingerprint density at radius 3 is 2.21 bits per heavy atom. The topological polar surface area (TPSA) is 84.9 Å². The summed E-state index contributed by atoms with van der Waals surface area (Å²) in [5.74, 6) is 0.698. The fraction of sp³-hybridized carbons (Fsp3) is 0.269. The number of sulfonamides is 1. The van der Waals surface area contributed by atoms with Crippen LogP contribution in [0.4, 0.5) is 5.69 Å². The molecule has 0 radical (unpaired) electrons. The SMILES string of the molecule is COc1ccc([C@H](C)NC(=O)CN(c2cccc(C)c2)S(=O)(=O)c2ccc(C)cc2)cc1OC. The van der Waals surface area contributed by atoms with Crippen molar-refractivity contribution in [3.05, 3.63) is 83.4 Å². The zero-order chi connectivity index (χ0) is 24.9. The molecule has 34 heavy (non-hydrogen) atoms. The van der Waals surface area contributed by atoms with Gasteiger partial charge in [-0.3, -0.25) is 9.10 Å². The molecule has 0 aliphatic heterocycles. The van der Waals surface area contributed by atoms with Gasteiger partial charge in [-0.1, -0.05) is 35.9 Å². The lowest BCUT2D eigenvalue weighted by Gasteiger charge is -2.25. The van der Waals surface area contributed by atoms with Crippen LogP contribution in [0.25, 0.3) is 0 Å². The highest BCUT2D eigenvalue weighted by Gasteiger charge is 2.28. The molecule has 3 aromatic carbocycles. The van der Waals surface area contributed by atoms with Crippen molar-refractivity contribution >= 4 is 21.6 Å². The van der Waals surface area contributed by atoms with Gasteiger partial charge < -0.3 is 14.8 Å². The monoisotopic (exact) mass is 482 g/mol. The molecule has 0 bridgehead atoms. The minimum absolute atomic E-state index is 0.125. The van der Waals surface area contributed by atoms with Crippen LogP contribution in [0.3, 0.4) is 0 Å². The lowest BCUT2D eigenvalue weighted by Crippen LogP contribution is -2.41. The van der Waals surface area contributed by atoms with Crippen LogP contribution in [0.15, 0.2) is 71.6 Å². The van der Waals surface area contributed by atoms with Gasteiger partial charge in [-0.05, 0) is 68.3 Å². The fourth-order valence-electron chi connectivity index (χ4n) is 3.56. The van der Waals surface area contributed by atoms with Crippen molar-refractivity contribution in [1.82, 2.24) is 5.32 Å². The van der Waals surface area contributed by atoms with Crippen molar-refractivity contribution in [2.75, 3.05) is 25.1 Å². The molecule has 0 unspecified atom stereocenters. The number of carbonyl (C=O) groups excluding carboxylic acids is 1. The van der Waals surface area contributed by atoms with Gasteiger partial charge >= 0.3 is 0 Å². The Hall–Kier alpha value is -3.52. The van der Waals surface area contributed by atoms with Crippen LogP contribution in [0.5, 0.6) is 11.5 Å². The molecule has 8 heteroatoms. The van der Waals surface area contributed by atoms with Crippen LogP contribution in [-0.4, -0.2) is 35.1 Å². The predicted octanol–water partition coefficient (Wildman–Crippen LogP) is 4.39. The quantitative estimate of drug-likeness (QED) is 0.489. The highest BCUT2D eigenvalue weighted by molar-refractivity contribution is 7.92. The molecule has 0 saturated heterocycles. The fourth-order valence-corrected chi connectivity index (χ4v) is 4.97. The first-order valence-corrected chi connectivity index (χ1v) is 12.3. The molecular weight excluding hydrogens is 452 g/mol. The van der Waals surface area contributed by atoms with Crippen molar-refractivity contribution < 1.29 is 22.7 Å². The molecule has 0 aromatic heterocycles. The predicted molar refractivity (Wildman–Crippen MR) is 133 cm³/mol. The number of amides is 1. The Balaban J connectivity index is 1.88. The van der Waals surface area contributed by atoms with Gasteiger partial charge in [0.05, 0.1) is 30.8 Å². The molecule has 3 aromatic rings. The largest absolute Gasteiger partial charge is 0.493 e. The summed E-state index contributed by atoms with van der Waals surface area (Å²) in [4.78, 5) is 13.2. The summed E-state index contributed by atoms with van der Waals surface area (Å²) in [5, 5.41) is 2.89. The van der Waals surface area contributed by atoms with E-state index in [0.717, 1.165) is 21.0 Å². The lowest BCUT2D eigenvalue weighted by molar-refractivity contribution is -0.120. The Morgan fingerprint density at radius 2 is 1.59 bits per heavy atom. The molecule has 1 atom stereocenters. The normalized spacial score (nSPS) is 12.0. The van der Waals surface area contributed by atoms with Crippen molar-refractivity contribution in [2.45, 2.75) is 31.7 Å². The van der Waals surface area contributed by atoms with Crippen LogP contribution < -0.4 is 19.1 Å². The first-order valence-electron chi connectivity index (χ1n) is 10.8. The zero-order valence-corrected chi connectivity index (χ0v) is 20.8. The maximum atomic E-state index is 13.5. The standard InChI is InChI=1S/C26H30N2O5S/c1-18-9-12-23(13-10-18)34(30,31)28(22-8-6-7-19(2)15-22)17-26(29)27-20(3)21-11-14-24(32-4)25(16-21)33-5/h6-16,20H,17H2,1-5H3,(H,27,29)/t20-/m0/s1. The van der Waals surface area contributed by atoms with Crippen molar-refractivity contribution in [1.29, 1.82) is 0 Å². The van der Waals surface area contributed by atoms with Gasteiger partial charge in [-0.2, -0.15) is 0 Å². The molecular formula is C26H30N2O5S. The number of nitrogens with one attached hydrogen (secondary N) is 1. The first kappa shape index (κ1) is 25.1. The molecule has 0 aliphatic rings. The van der Waals surface area contributed by atoms with E-state index in [9.17, 15) is 13.2 Å². The third kappa shape index (κ3) is 5.69. The Bertz CT molecular complexity index is 1260. The maximum Gasteiger partial charge on any atom is 0.264 e. The van der Waals surface area contributed by atoms with E-state index in [1.165, 1.54) is 0 Å². The number of rotatable bonds is 9. The third-order valence-corrected chi connectivity index (χ3v) is 7.26. The Morgan fingerprint density at radius 1 is 0.912 bits per heavy atom. The average Bonchev–Trinajstić information content (AvgIpc) is 2.82. The average molecular weight is 483 g/mol. The first-order chi connectivity index (χ1) is 16.1. The van der Waals surface area contributed by atoms with E-state index >= 15 is 0 Å². The second-order valence-corrected chi connectivity index (χ2v) is 9.93. The highest BCUT2D eigenvalue weighted by Crippen LogP contribution is 2.30. The number of anilines is 1. The molecule has 7 nitrogen and oxygen atoms in total. The Kier molecular flexibility index (Phi) is 7.83. The van der Waals surface area contributed by atoms with Gasteiger partial charge in [0.2, 0.25) is 5.91 Å². The molecule has 0 fully saturated rings. The van der Waals surface area contributed by atoms with E-state index in [2.05, 4.69) is 5.32 Å². The van der Waals surface area contributed by atoms with E-state index in [1.54, 1.807) is 68.8 Å². The van der Waals surface area contributed by atoms with Gasteiger partial charge in [0.1, 0.15) is 6.54 Å². The lowest BCUT2D eigenvalue weighted by atomic mass is 10.1. The number of aryl methyl sites for hydroxylation is 2. The molecule has 1 N–H and O–H groups in total. The molecule has 0 spiro atoms. The molecule has 3 rings (SSSR count). The van der Waals surface area contributed by atoms with Gasteiger partial charge in [0.15, 0.2) is 11.5 Å². The number of hydrogen-bond acceptors (Lipinski definition) is 5. The Labute approximate surface area is 201 Å². The second kappa shape index (κ2) is 10.6. The summed E-state index contributed by atoms with van der Waals surface area (Å²) < 4.78 is 38.8. The van der Waals surface area contributed by atoms with E-state index in [1.807, 2.05) is 32.9 Å². The number of nitrogens with zero attached hydrogens (tertiary/aromatic N) is 1. The minimum atomic E-state index is -3.97. The summed E-state index contributed by atoms with van der Waals surface area (Å²) in [6.07, 6.45) is 0. The van der Waals surface area contributed by atoms with Crippen molar-refractivity contribution in [3.63, 3.8) is 0 Å². The van der Waals surface area contributed by atoms with Crippen LogP contribution in [-0.2, 0) is 14.8 Å². The molecule has 180 valence electrons. The van der Waals surface area contributed by atoms with E-state index in [0.29, 0.717) is 17.2 Å². The minimum Gasteiger partial charge on any atom is -0.493 e. The van der Waals surface area contributed by atoms with Gasteiger partial charge in [0.25, 0.3) is 10.0 Å². The summed E-state index contributed by atoms with van der Waals surface area (Å²) in [7, 11) is -0.872. The molecule has 0 aliphatic carbocycles. The maximum absolute atomic E-state index is 13.5. The number of ether oxygens (including phenoxy) is 2.